The summed E-state index contributed by atoms with van der Waals surface area (Å²) in [5.74, 6) is -1.99. The third-order valence-electron chi connectivity index (χ3n) is 11.0. The zero-order valence-corrected chi connectivity index (χ0v) is 41.7. The van der Waals surface area contributed by atoms with Gasteiger partial charge in [0.25, 0.3) is 0 Å². The van der Waals surface area contributed by atoms with Crippen LogP contribution >= 0.6 is 0 Å². The SMILES string of the molecule is CCCCCCCCC=CCCCCCCCC(=O)O.CCCCCCCCC=CCCCCCCCC(=O)O.CCCCCCCCC=CCCCCCCCC(=O)O.[Fe]. The van der Waals surface area contributed by atoms with Crippen LogP contribution in [0.4, 0.5) is 0 Å². The topological polar surface area (TPSA) is 112 Å². The van der Waals surface area contributed by atoms with Crippen molar-refractivity contribution in [2.75, 3.05) is 0 Å². The van der Waals surface area contributed by atoms with Crippen molar-refractivity contribution in [1.82, 2.24) is 0 Å². The minimum Gasteiger partial charge on any atom is -0.481 e. The van der Waals surface area contributed by atoms with Gasteiger partial charge in [0.1, 0.15) is 0 Å². The Morgan fingerprint density at radius 1 is 0.262 bits per heavy atom. The maximum atomic E-state index is 10.3. The van der Waals surface area contributed by atoms with Gasteiger partial charge in [0.05, 0.1) is 0 Å². The molecule has 0 atom stereocenters. The Labute approximate surface area is 389 Å². The second kappa shape index (κ2) is 62.4. The van der Waals surface area contributed by atoms with Crippen LogP contribution in [0.15, 0.2) is 36.5 Å². The van der Waals surface area contributed by atoms with E-state index in [9.17, 15) is 14.4 Å². The zero-order valence-electron chi connectivity index (χ0n) is 40.6. The van der Waals surface area contributed by atoms with E-state index in [2.05, 4.69) is 57.2 Å². The predicted molar refractivity (Wildman–Crippen MR) is 261 cm³/mol. The molecule has 0 fully saturated rings. The number of carboxylic acids is 3. The number of aliphatic carboxylic acids is 3. The fourth-order valence-corrected chi connectivity index (χ4v) is 7.04. The summed E-state index contributed by atoms with van der Waals surface area (Å²) in [7, 11) is 0. The van der Waals surface area contributed by atoms with Gasteiger partial charge < -0.3 is 15.3 Å². The van der Waals surface area contributed by atoms with Crippen LogP contribution in [0, 0.1) is 0 Å². The summed E-state index contributed by atoms with van der Waals surface area (Å²) in [5.41, 5.74) is 0. The van der Waals surface area contributed by atoms with E-state index in [0.717, 1.165) is 38.5 Å². The monoisotopic (exact) mass is 903 g/mol. The molecule has 0 aliphatic heterocycles. The van der Waals surface area contributed by atoms with E-state index in [-0.39, 0.29) is 17.1 Å². The fourth-order valence-electron chi connectivity index (χ4n) is 7.04. The van der Waals surface area contributed by atoms with Crippen molar-refractivity contribution in [2.24, 2.45) is 0 Å². The molecule has 0 amide bonds. The Hall–Kier alpha value is -1.85. The molecule has 0 aliphatic rings. The molecule has 0 spiro atoms. The van der Waals surface area contributed by atoms with Crippen LogP contribution in [-0.4, -0.2) is 33.2 Å². The van der Waals surface area contributed by atoms with Gasteiger partial charge in [0, 0.05) is 36.3 Å². The molecule has 6 nitrogen and oxygen atoms in total. The Bertz CT molecular complexity index is 827. The van der Waals surface area contributed by atoms with Crippen molar-refractivity contribution in [3.05, 3.63) is 36.5 Å². The second-order valence-electron chi connectivity index (χ2n) is 17.2. The smallest absolute Gasteiger partial charge is 0.303 e. The second-order valence-corrected chi connectivity index (χ2v) is 17.2. The third-order valence-corrected chi connectivity index (χ3v) is 11.0. The third kappa shape index (κ3) is 75.9. The maximum Gasteiger partial charge on any atom is 0.303 e. The van der Waals surface area contributed by atoms with E-state index in [1.54, 1.807) is 0 Å². The first-order valence-electron chi connectivity index (χ1n) is 25.9. The van der Waals surface area contributed by atoms with Gasteiger partial charge in [0.15, 0.2) is 0 Å². The van der Waals surface area contributed by atoms with Gasteiger partial charge in [0.2, 0.25) is 0 Å². The molecule has 61 heavy (non-hydrogen) atoms. The molecule has 0 rings (SSSR count). The largest absolute Gasteiger partial charge is 0.481 e. The molecule has 0 aromatic heterocycles. The van der Waals surface area contributed by atoms with Crippen LogP contribution in [0.5, 0.6) is 0 Å². The average molecular weight is 903 g/mol. The standard InChI is InChI=1S/3C18H34O2.Fe/c3*1-2-3-4-5-6-7-8-9-10-11-12-13-14-15-16-17-18(19)20;/h3*9-10H,2-8,11-17H2,1H3,(H,19,20);. The van der Waals surface area contributed by atoms with Crippen LogP contribution in [0.1, 0.15) is 290 Å². The van der Waals surface area contributed by atoms with Crippen molar-refractivity contribution in [2.45, 2.75) is 290 Å². The molecule has 0 aromatic carbocycles. The quantitative estimate of drug-likeness (QED) is 0.0319. The molecule has 0 aromatic rings. The zero-order chi connectivity index (χ0) is 44.7. The van der Waals surface area contributed by atoms with Gasteiger partial charge in [-0.05, 0) is 96.3 Å². The van der Waals surface area contributed by atoms with Crippen molar-refractivity contribution in [3.8, 4) is 0 Å². The van der Waals surface area contributed by atoms with Gasteiger partial charge in [-0.3, -0.25) is 14.4 Å². The number of carboxylic acid groups (broad SMARTS) is 3. The predicted octanol–water partition coefficient (Wildman–Crippen LogP) is 18.3. The first-order chi connectivity index (χ1) is 29.3. The van der Waals surface area contributed by atoms with Crippen LogP contribution in [0.25, 0.3) is 0 Å². The van der Waals surface area contributed by atoms with E-state index >= 15 is 0 Å². The molecule has 362 valence electrons. The summed E-state index contributed by atoms with van der Waals surface area (Å²) >= 11 is 0. The van der Waals surface area contributed by atoms with Crippen molar-refractivity contribution < 1.29 is 46.8 Å². The van der Waals surface area contributed by atoms with E-state index in [4.69, 9.17) is 15.3 Å². The number of unbranched alkanes of at least 4 members (excludes halogenated alkanes) is 33. The van der Waals surface area contributed by atoms with Crippen molar-refractivity contribution in [3.63, 3.8) is 0 Å². The summed E-state index contributed by atoms with van der Waals surface area (Å²) in [4.78, 5) is 31.0. The Morgan fingerprint density at radius 2 is 0.410 bits per heavy atom. The molecule has 3 N–H and O–H groups in total. The first-order valence-corrected chi connectivity index (χ1v) is 25.9. The van der Waals surface area contributed by atoms with Crippen LogP contribution in [0.3, 0.4) is 0 Å². The van der Waals surface area contributed by atoms with E-state index < -0.39 is 17.9 Å². The minimum atomic E-state index is -0.664. The van der Waals surface area contributed by atoms with E-state index in [1.165, 1.54) is 212 Å². The van der Waals surface area contributed by atoms with E-state index in [0.29, 0.717) is 19.3 Å². The van der Waals surface area contributed by atoms with E-state index in [1.807, 2.05) is 0 Å². The maximum absolute atomic E-state index is 10.3. The van der Waals surface area contributed by atoms with Gasteiger partial charge in [-0.15, -0.1) is 0 Å². The minimum absolute atomic E-state index is 0. The Kier molecular flexibility index (Phi) is 67.3. The molecule has 0 bridgehead atoms. The van der Waals surface area contributed by atoms with Crippen LogP contribution in [0.2, 0.25) is 0 Å². The van der Waals surface area contributed by atoms with Gasteiger partial charge >= 0.3 is 17.9 Å². The molecule has 7 heteroatoms. The molecule has 0 heterocycles. The summed E-state index contributed by atoms with van der Waals surface area (Å²) in [5, 5.41) is 25.5. The molecule has 0 radical (unpaired) electrons. The molecular formula is C54H102FeO6. The molecule has 0 unspecified atom stereocenters. The summed E-state index contributed by atoms with van der Waals surface area (Å²) < 4.78 is 0. The van der Waals surface area contributed by atoms with Crippen molar-refractivity contribution in [1.29, 1.82) is 0 Å². The molecule has 0 saturated carbocycles. The number of carbonyl (C=O) groups is 3. The summed E-state index contributed by atoms with van der Waals surface area (Å²) in [6.07, 6.45) is 63.7. The molecular weight excluding hydrogens is 800 g/mol. The summed E-state index contributed by atoms with van der Waals surface area (Å²) in [6.45, 7) is 6.78. The first kappa shape index (κ1) is 65.8. The van der Waals surface area contributed by atoms with Gasteiger partial charge in [-0.1, -0.05) is 211 Å². The van der Waals surface area contributed by atoms with Gasteiger partial charge in [-0.2, -0.15) is 0 Å². The number of hydrogen-bond acceptors (Lipinski definition) is 3. The normalized spacial score (nSPS) is 11.1. The summed E-state index contributed by atoms with van der Waals surface area (Å²) in [6, 6.07) is 0. The Balaban J connectivity index is -0.000000396. The number of rotatable bonds is 45. The number of hydrogen-bond donors (Lipinski definition) is 3. The van der Waals surface area contributed by atoms with Gasteiger partial charge in [-0.25, -0.2) is 0 Å². The fraction of sp³-hybridized carbons (Fsp3) is 0.833. The molecule has 0 saturated heterocycles. The van der Waals surface area contributed by atoms with Crippen LogP contribution in [-0.2, 0) is 31.5 Å². The molecule has 0 aliphatic carbocycles. The Morgan fingerprint density at radius 3 is 0.574 bits per heavy atom. The number of allylic oxidation sites excluding steroid dienone is 6. The average Bonchev–Trinajstić information content (AvgIpc) is 3.22. The van der Waals surface area contributed by atoms with Crippen LogP contribution < -0.4 is 0 Å². The van der Waals surface area contributed by atoms with Crippen molar-refractivity contribution >= 4 is 17.9 Å².